The summed E-state index contributed by atoms with van der Waals surface area (Å²) in [5, 5.41) is 13.0. The number of hydrogen-bond donors (Lipinski definition) is 1. The second kappa shape index (κ2) is 6.16. The molecule has 19 heavy (non-hydrogen) atoms. The van der Waals surface area contributed by atoms with E-state index in [-0.39, 0.29) is 6.04 Å². The van der Waals surface area contributed by atoms with Gasteiger partial charge in [-0.2, -0.15) is 0 Å². The highest BCUT2D eigenvalue weighted by Gasteiger charge is 2.27. The molecule has 6 heteroatoms. The molecule has 0 saturated carbocycles. The van der Waals surface area contributed by atoms with Crippen LogP contribution in [0.4, 0.5) is 0 Å². The third-order valence-electron chi connectivity index (χ3n) is 3.58. The minimum Gasteiger partial charge on any atom is -0.480 e. The zero-order chi connectivity index (χ0) is 13.8. The van der Waals surface area contributed by atoms with Crippen molar-refractivity contribution in [3.63, 3.8) is 0 Å². The quantitative estimate of drug-likeness (QED) is 0.857. The average Bonchev–Trinajstić information content (AvgIpc) is 2.77. The Morgan fingerprint density at radius 1 is 1.47 bits per heavy atom. The summed E-state index contributed by atoms with van der Waals surface area (Å²) in [5.41, 5.74) is 0.894. The van der Waals surface area contributed by atoms with Crippen LogP contribution < -0.4 is 0 Å². The van der Waals surface area contributed by atoms with E-state index < -0.39 is 5.97 Å². The molecule has 1 aromatic rings. The molecule has 0 aliphatic carbocycles. The zero-order valence-corrected chi connectivity index (χ0v) is 11.5. The van der Waals surface area contributed by atoms with E-state index in [9.17, 15) is 4.79 Å². The van der Waals surface area contributed by atoms with Crippen molar-refractivity contribution >= 4 is 5.97 Å². The maximum Gasteiger partial charge on any atom is 0.320 e. The van der Waals surface area contributed by atoms with Gasteiger partial charge in [0.25, 0.3) is 0 Å². The number of aliphatic carboxylic acids is 1. The smallest absolute Gasteiger partial charge is 0.320 e. The minimum atomic E-state index is -0.721. The summed E-state index contributed by atoms with van der Waals surface area (Å²) < 4.78 is 5.20. The first-order chi connectivity index (χ1) is 9.10. The lowest BCUT2D eigenvalue weighted by Gasteiger charge is -2.36. The fourth-order valence-electron chi connectivity index (χ4n) is 2.53. The molecule has 106 valence electrons. The highest BCUT2D eigenvalue weighted by Crippen LogP contribution is 2.13. The van der Waals surface area contributed by atoms with Crippen LogP contribution in [-0.2, 0) is 11.3 Å². The van der Waals surface area contributed by atoms with Crippen LogP contribution in [0.3, 0.4) is 0 Å². The van der Waals surface area contributed by atoms with Gasteiger partial charge >= 0.3 is 5.97 Å². The first-order valence-electron chi connectivity index (χ1n) is 6.71. The van der Waals surface area contributed by atoms with Crippen LogP contribution in [-0.4, -0.2) is 58.3 Å². The lowest BCUT2D eigenvalue weighted by atomic mass is 10.1. The summed E-state index contributed by atoms with van der Waals surface area (Å²) >= 11 is 0. The van der Waals surface area contributed by atoms with Crippen LogP contribution in [0.2, 0.25) is 0 Å². The molecule has 1 fully saturated rings. The van der Waals surface area contributed by atoms with Crippen LogP contribution in [0.1, 0.15) is 24.8 Å². The number of carboxylic acids is 1. The van der Waals surface area contributed by atoms with Gasteiger partial charge in [0.05, 0.1) is 12.2 Å². The molecular weight excluding hydrogens is 246 g/mol. The van der Waals surface area contributed by atoms with Crippen molar-refractivity contribution < 1.29 is 14.4 Å². The van der Waals surface area contributed by atoms with Gasteiger partial charge < -0.3 is 9.63 Å². The van der Waals surface area contributed by atoms with Gasteiger partial charge in [-0.3, -0.25) is 14.6 Å². The third-order valence-corrected chi connectivity index (χ3v) is 3.58. The molecule has 0 spiro atoms. The standard InChI is InChI=1S/C13H21N3O3/c1-3-12(13(17)18)16-6-4-15(5-7-16)9-11-8-10(2)14-19-11/h8,12H,3-7,9H2,1-2H3,(H,17,18). The van der Waals surface area contributed by atoms with E-state index in [0.29, 0.717) is 6.42 Å². The molecule has 1 aliphatic rings. The fraction of sp³-hybridized carbons (Fsp3) is 0.692. The first-order valence-corrected chi connectivity index (χ1v) is 6.71. The van der Waals surface area contributed by atoms with E-state index in [1.165, 1.54) is 0 Å². The van der Waals surface area contributed by atoms with Crippen molar-refractivity contribution in [1.82, 2.24) is 15.0 Å². The van der Waals surface area contributed by atoms with Crippen LogP contribution >= 0.6 is 0 Å². The van der Waals surface area contributed by atoms with E-state index >= 15 is 0 Å². The highest BCUT2D eigenvalue weighted by atomic mass is 16.5. The van der Waals surface area contributed by atoms with Gasteiger partial charge in [-0.1, -0.05) is 12.1 Å². The number of aromatic nitrogens is 1. The second-order valence-corrected chi connectivity index (χ2v) is 5.01. The molecular formula is C13H21N3O3. The summed E-state index contributed by atoms with van der Waals surface area (Å²) in [6.45, 7) is 7.88. The monoisotopic (exact) mass is 267 g/mol. The maximum absolute atomic E-state index is 11.1. The molecule has 2 heterocycles. The Hall–Kier alpha value is -1.40. The van der Waals surface area contributed by atoms with E-state index in [4.69, 9.17) is 9.63 Å². The van der Waals surface area contributed by atoms with Crippen LogP contribution in [0.15, 0.2) is 10.6 Å². The Labute approximate surface area is 113 Å². The van der Waals surface area contributed by atoms with Gasteiger partial charge in [-0.05, 0) is 13.3 Å². The number of carbonyl (C=O) groups is 1. The second-order valence-electron chi connectivity index (χ2n) is 5.01. The topological polar surface area (TPSA) is 69.8 Å². The molecule has 0 amide bonds. The normalized spacial score (nSPS) is 19.5. The first kappa shape index (κ1) is 14.0. The molecule has 1 N–H and O–H groups in total. The van der Waals surface area contributed by atoms with Gasteiger partial charge in [0.2, 0.25) is 0 Å². The molecule has 1 atom stereocenters. The highest BCUT2D eigenvalue weighted by molar-refractivity contribution is 5.73. The predicted octanol–water partition coefficient (Wildman–Crippen LogP) is 0.964. The lowest BCUT2D eigenvalue weighted by molar-refractivity contribution is -0.144. The summed E-state index contributed by atoms with van der Waals surface area (Å²) in [6, 6.07) is 1.59. The number of rotatable bonds is 5. The number of piperazine rings is 1. The van der Waals surface area contributed by atoms with Gasteiger partial charge in [0.1, 0.15) is 6.04 Å². The van der Waals surface area contributed by atoms with Crippen molar-refractivity contribution in [2.24, 2.45) is 0 Å². The summed E-state index contributed by atoms with van der Waals surface area (Å²) in [7, 11) is 0. The molecule has 6 nitrogen and oxygen atoms in total. The molecule has 1 aromatic heterocycles. The van der Waals surface area contributed by atoms with Gasteiger partial charge in [-0.15, -0.1) is 0 Å². The van der Waals surface area contributed by atoms with Crippen molar-refractivity contribution in [1.29, 1.82) is 0 Å². The van der Waals surface area contributed by atoms with E-state index in [1.54, 1.807) is 0 Å². The van der Waals surface area contributed by atoms with Crippen molar-refractivity contribution in [2.45, 2.75) is 32.9 Å². The average molecular weight is 267 g/mol. The van der Waals surface area contributed by atoms with Crippen molar-refractivity contribution in [2.75, 3.05) is 26.2 Å². The third kappa shape index (κ3) is 3.54. The summed E-state index contributed by atoms with van der Waals surface area (Å²) in [6.07, 6.45) is 0.649. The predicted molar refractivity (Wildman–Crippen MR) is 69.8 cm³/mol. The van der Waals surface area contributed by atoms with Crippen LogP contribution in [0.5, 0.6) is 0 Å². The molecule has 1 saturated heterocycles. The summed E-state index contributed by atoms with van der Waals surface area (Å²) in [4.78, 5) is 15.4. The number of hydrogen-bond acceptors (Lipinski definition) is 5. The van der Waals surface area contributed by atoms with Crippen molar-refractivity contribution in [3.8, 4) is 0 Å². The SMILES string of the molecule is CCC(C(=O)O)N1CCN(Cc2cc(C)no2)CC1. The van der Waals surface area contributed by atoms with E-state index in [2.05, 4.69) is 10.1 Å². The fourth-order valence-corrected chi connectivity index (χ4v) is 2.53. The molecule has 0 aromatic carbocycles. The van der Waals surface area contributed by atoms with Crippen molar-refractivity contribution in [3.05, 3.63) is 17.5 Å². The van der Waals surface area contributed by atoms with E-state index in [0.717, 1.165) is 44.2 Å². The van der Waals surface area contributed by atoms with Crippen LogP contribution in [0, 0.1) is 6.92 Å². The summed E-state index contributed by atoms with van der Waals surface area (Å²) in [5.74, 6) is 0.151. The van der Waals surface area contributed by atoms with Crippen LogP contribution in [0.25, 0.3) is 0 Å². The lowest BCUT2D eigenvalue weighted by Crippen LogP contribution is -2.52. The number of carboxylic acid groups (broad SMARTS) is 1. The zero-order valence-electron chi connectivity index (χ0n) is 11.5. The largest absolute Gasteiger partial charge is 0.480 e. The molecule has 0 radical (unpaired) electrons. The Morgan fingerprint density at radius 3 is 2.63 bits per heavy atom. The number of aryl methyl sites for hydroxylation is 1. The Morgan fingerprint density at radius 2 is 2.16 bits per heavy atom. The molecule has 1 aliphatic heterocycles. The Bertz CT molecular complexity index is 425. The molecule has 2 rings (SSSR count). The number of nitrogens with zero attached hydrogens (tertiary/aromatic N) is 3. The van der Waals surface area contributed by atoms with E-state index in [1.807, 2.05) is 24.8 Å². The van der Waals surface area contributed by atoms with Gasteiger partial charge in [0, 0.05) is 32.2 Å². The maximum atomic E-state index is 11.1. The Kier molecular flexibility index (Phi) is 4.55. The van der Waals surface area contributed by atoms with Gasteiger partial charge in [-0.25, -0.2) is 0 Å². The molecule has 1 unspecified atom stereocenters. The minimum absolute atomic E-state index is 0.352. The Balaban J connectivity index is 1.83. The molecule has 0 bridgehead atoms. The van der Waals surface area contributed by atoms with Gasteiger partial charge in [0.15, 0.2) is 5.76 Å².